The molecule has 2 amide bonds. The fourth-order valence-corrected chi connectivity index (χ4v) is 4.12. The number of non-ortho nitro benzene ring substituents is 1. The van der Waals surface area contributed by atoms with E-state index in [1.165, 1.54) is 41.5 Å². The van der Waals surface area contributed by atoms with Crippen LogP contribution in [0.2, 0.25) is 0 Å². The monoisotopic (exact) mass is 452 g/mol. The molecule has 0 aromatic heterocycles. The molecule has 9 heteroatoms. The van der Waals surface area contributed by atoms with E-state index in [0.29, 0.717) is 12.3 Å². The highest BCUT2D eigenvalue weighted by Gasteiger charge is 2.29. The zero-order valence-electron chi connectivity index (χ0n) is 18.7. The van der Waals surface area contributed by atoms with E-state index in [0.717, 1.165) is 31.1 Å². The number of ether oxygens (including phenoxy) is 1. The van der Waals surface area contributed by atoms with E-state index in [2.05, 4.69) is 29.3 Å². The predicted molar refractivity (Wildman–Crippen MR) is 123 cm³/mol. The SMILES string of the molecule is CC1CCN(Cc2ccc(CNC(=O)CN3C(=O)COc4ccc([N+](=O)[O-])cc43)cc2)CC1. The molecule has 33 heavy (non-hydrogen) atoms. The van der Waals surface area contributed by atoms with Gasteiger partial charge in [0.15, 0.2) is 6.61 Å². The molecule has 0 unspecified atom stereocenters. The molecule has 2 aromatic carbocycles. The quantitative estimate of drug-likeness (QED) is 0.512. The second-order valence-electron chi connectivity index (χ2n) is 8.73. The van der Waals surface area contributed by atoms with E-state index in [4.69, 9.17) is 4.74 Å². The Morgan fingerprint density at radius 3 is 2.55 bits per heavy atom. The maximum Gasteiger partial charge on any atom is 0.271 e. The third-order valence-electron chi connectivity index (χ3n) is 6.19. The van der Waals surface area contributed by atoms with Crippen molar-refractivity contribution in [1.29, 1.82) is 0 Å². The average molecular weight is 453 g/mol. The lowest BCUT2D eigenvalue weighted by Gasteiger charge is -2.30. The zero-order chi connectivity index (χ0) is 23.4. The molecule has 1 N–H and O–H groups in total. The minimum atomic E-state index is -0.549. The van der Waals surface area contributed by atoms with E-state index < -0.39 is 10.8 Å². The first-order valence-corrected chi connectivity index (χ1v) is 11.2. The summed E-state index contributed by atoms with van der Waals surface area (Å²) in [5.41, 5.74) is 2.27. The highest BCUT2D eigenvalue weighted by Crippen LogP contribution is 2.35. The van der Waals surface area contributed by atoms with Crippen molar-refractivity contribution in [3.8, 4) is 5.75 Å². The molecule has 0 radical (unpaired) electrons. The van der Waals surface area contributed by atoms with E-state index in [9.17, 15) is 19.7 Å². The number of fused-ring (bicyclic) bond motifs is 1. The Labute approximate surface area is 192 Å². The summed E-state index contributed by atoms with van der Waals surface area (Å²) in [5.74, 6) is 0.374. The van der Waals surface area contributed by atoms with Gasteiger partial charge in [0, 0.05) is 25.2 Å². The Bertz CT molecular complexity index is 1030. The van der Waals surface area contributed by atoms with Crippen LogP contribution in [0.1, 0.15) is 30.9 Å². The number of piperidine rings is 1. The van der Waals surface area contributed by atoms with Crippen molar-refractivity contribution in [2.75, 3.05) is 31.1 Å². The lowest BCUT2D eigenvalue weighted by molar-refractivity contribution is -0.384. The second kappa shape index (κ2) is 9.99. The third-order valence-corrected chi connectivity index (χ3v) is 6.19. The maximum atomic E-state index is 12.5. The number of rotatable bonds is 7. The van der Waals surface area contributed by atoms with Crippen molar-refractivity contribution < 1.29 is 19.2 Å². The number of benzene rings is 2. The van der Waals surface area contributed by atoms with Crippen LogP contribution in [0.5, 0.6) is 5.75 Å². The van der Waals surface area contributed by atoms with Gasteiger partial charge in [0.05, 0.1) is 10.6 Å². The molecular weight excluding hydrogens is 424 g/mol. The van der Waals surface area contributed by atoms with Gasteiger partial charge < -0.3 is 10.1 Å². The van der Waals surface area contributed by atoms with Crippen LogP contribution in [0, 0.1) is 16.0 Å². The van der Waals surface area contributed by atoms with Crippen molar-refractivity contribution in [3.05, 3.63) is 63.7 Å². The number of nitrogens with zero attached hydrogens (tertiary/aromatic N) is 3. The average Bonchev–Trinajstić information content (AvgIpc) is 2.81. The first-order valence-electron chi connectivity index (χ1n) is 11.2. The molecule has 1 saturated heterocycles. The van der Waals surface area contributed by atoms with Gasteiger partial charge in [-0.05, 0) is 49.0 Å². The number of amides is 2. The van der Waals surface area contributed by atoms with Gasteiger partial charge in [-0.2, -0.15) is 0 Å². The number of carbonyl (C=O) groups excluding carboxylic acids is 2. The fraction of sp³-hybridized carbons (Fsp3) is 0.417. The summed E-state index contributed by atoms with van der Waals surface area (Å²) >= 11 is 0. The van der Waals surface area contributed by atoms with Gasteiger partial charge in [-0.25, -0.2) is 0 Å². The first kappa shape index (κ1) is 22.7. The van der Waals surface area contributed by atoms with Gasteiger partial charge >= 0.3 is 0 Å². The van der Waals surface area contributed by atoms with Crippen molar-refractivity contribution in [2.45, 2.75) is 32.9 Å². The van der Waals surface area contributed by atoms with Crippen molar-refractivity contribution in [1.82, 2.24) is 10.2 Å². The third kappa shape index (κ3) is 5.67. The lowest BCUT2D eigenvalue weighted by Crippen LogP contribution is -2.45. The molecule has 0 atom stereocenters. The Kier molecular flexibility index (Phi) is 6.88. The minimum absolute atomic E-state index is 0.170. The van der Waals surface area contributed by atoms with Crippen molar-refractivity contribution in [3.63, 3.8) is 0 Å². The topological polar surface area (TPSA) is 105 Å². The summed E-state index contributed by atoms with van der Waals surface area (Å²) in [6.45, 7) is 5.39. The molecular formula is C24H28N4O5. The summed E-state index contributed by atoms with van der Waals surface area (Å²) in [4.78, 5) is 39.1. The number of nitro benzene ring substituents is 1. The number of carbonyl (C=O) groups is 2. The smallest absolute Gasteiger partial charge is 0.271 e. The normalized spacial score (nSPS) is 16.8. The van der Waals surface area contributed by atoms with Gasteiger partial charge in [0.2, 0.25) is 5.91 Å². The van der Waals surface area contributed by atoms with E-state index in [1.807, 2.05) is 12.1 Å². The summed E-state index contributed by atoms with van der Waals surface area (Å²) < 4.78 is 5.33. The van der Waals surface area contributed by atoms with Crippen LogP contribution in [-0.2, 0) is 22.7 Å². The standard InChI is InChI=1S/C24H28N4O5/c1-17-8-10-26(11-9-17)14-19-4-2-18(3-5-19)13-25-23(29)15-27-21-12-20(28(31)32)6-7-22(21)33-16-24(27)30/h2-7,12,17H,8-11,13-16H2,1H3,(H,25,29). The second-order valence-corrected chi connectivity index (χ2v) is 8.73. The Balaban J connectivity index is 1.32. The van der Waals surface area contributed by atoms with Gasteiger partial charge in [0.1, 0.15) is 12.3 Å². The number of nitro groups is 1. The predicted octanol–water partition coefficient (Wildman–Crippen LogP) is 2.87. The fourth-order valence-electron chi connectivity index (χ4n) is 4.12. The molecule has 1 fully saturated rings. The van der Waals surface area contributed by atoms with E-state index in [1.54, 1.807) is 0 Å². The zero-order valence-corrected chi connectivity index (χ0v) is 18.7. The summed E-state index contributed by atoms with van der Waals surface area (Å²) in [6.07, 6.45) is 2.49. The van der Waals surface area contributed by atoms with E-state index in [-0.39, 0.29) is 30.4 Å². The Morgan fingerprint density at radius 1 is 1.15 bits per heavy atom. The largest absolute Gasteiger partial charge is 0.482 e. The molecule has 2 aliphatic heterocycles. The Hall–Kier alpha value is -3.46. The van der Waals surface area contributed by atoms with Crippen LogP contribution in [0.4, 0.5) is 11.4 Å². The molecule has 0 saturated carbocycles. The van der Waals surface area contributed by atoms with Crippen LogP contribution in [0.25, 0.3) is 0 Å². The molecule has 2 aliphatic rings. The minimum Gasteiger partial charge on any atom is -0.482 e. The molecule has 2 heterocycles. The van der Waals surface area contributed by atoms with Crippen LogP contribution >= 0.6 is 0 Å². The lowest BCUT2D eigenvalue weighted by atomic mass is 9.99. The van der Waals surface area contributed by atoms with E-state index >= 15 is 0 Å². The van der Waals surface area contributed by atoms with Crippen LogP contribution in [0.15, 0.2) is 42.5 Å². The number of hydrogen-bond acceptors (Lipinski definition) is 6. The van der Waals surface area contributed by atoms with Crippen LogP contribution < -0.4 is 15.0 Å². The first-order chi connectivity index (χ1) is 15.9. The summed E-state index contributed by atoms with van der Waals surface area (Å²) in [6, 6.07) is 12.2. The summed E-state index contributed by atoms with van der Waals surface area (Å²) in [7, 11) is 0. The van der Waals surface area contributed by atoms with Crippen molar-refractivity contribution >= 4 is 23.2 Å². The molecule has 0 bridgehead atoms. The van der Waals surface area contributed by atoms with Crippen LogP contribution in [-0.4, -0.2) is 47.9 Å². The summed E-state index contributed by atoms with van der Waals surface area (Å²) in [5, 5.41) is 13.9. The number of likely N-dealkylation sites (tertiary alicyclic amines) is 1. The van der Waals surface area contributed by atoms with Gasteiger partial charge in [-0.3, -0.25) is 29.5 Å². The molecule has 0 spiro atoms. The Morgan fingerprint density at radius 2 is 1.85 bits per heavy atom. The highest BCUT2D eigenvalue weighted by atomic mass is 16.6. The molecule has 0 aliphatic carbocycles. The number of anilines is 1. The molecule has 4 rings (SSSR count). The highest BCUT2D eigenvalue weighted by molar-refractivity contribution is 6.02. The number of hydrogen-bond donors (Lipinski definition) is 1. The molecule has 174 valence electrons. The molecule has 2 aromatic rings. The van der Waals surface area contributed by atoms with Gasteiger partial charge in [0.25, 0.3) is 11.6 Å². The van der Waals surface area contributed by atoms with Gasteiger partial charge in [-0.15, -0.1) is 0 Å². The maximum absolute atomic E-state index is 12.5. The number of nitrogens with one attached hydrogen (secondary N) is 1. The van der Waals surface area contributed by atoms with Gasteiger partial charge in [-0.1, -0.05) is 31.2 Å². The van der Waals surface area contributed by atoms with Crippen LogP contribution in [0.3, 0.4) is 0 Å². The van der Waals surface area contributed by atoms with Crippen molar-refractivity contribution in [2.24, 2.45) is 5.92 Å². The molecule has 9 nitrogen and oxygen atoms in total.